The Labute approximate surface area is 146 Å². The molecule has 5 heteroatoms. The second-order valence-corrected chi connectivity index (χ2v) is 6.33. The van der Waals surface area contributed by atoms with E-state index in [1.165, 1.54) is 4.90 Å². The zero-order valence-corrected chi connectivity index (χ0v) is 13.8. The Morgan fingerprint density at radius 2 is 1.84 bits per heavy atom. The van der Waals surface area contributed by atoms with Crippen LogP contribution in [0.3, 0.4) is 0 Å². The van der Waals surface area contributed by atoms with Gasteiger partial charge in [0.2, 0.25) is 5.78 Å². The molecule has 0 saturated carbocycles. The van der Waals surface area contributed by atoms with Gasteiger partial charge in [-0.15, -0.1) is 0 Å². The Balaban J connectivity index is 1.66. The molecule has 0 atom stereocenters. The first-order valence-electron chi connectivity index (χ1n) is 8.48. The lowest BCUT2D eigenvalue weighted by Gasteiger charge is -2.24. The molecule has 0 bridgehead atoms. The second-order valence-electron chi connectivity index (χ2n) is 6.33. The number of carbonyl (C=O) groups is 1. The van der Waals surface area contributed by atoms with Crippen molar-refractivity contribution in [2.24, 2.45) is 0 Å². The number of hydrogen-bond acceptors (Lipinski definition) is 4. The highest BCUT2D eigenvalue weighted by molar-refractivity contribution is 6.14. The maximum absolute atomic E-state index is 12.7. The summed E-state index contributed by atoms with van der Waals surface area (Å²) in [6.45, 7) is 3.80. The fourth-order valence-electron chi connectivity index (χ4n) is 3.26. The lowest BCUT2D eigenvalue weighted by Crippen LogP contribution is -3.12. The van der Waals surface area contributed by atoms with Crippen LogP contribution in [-0.2, 0) is 11.3 Å². The van der Waals surface area contributed by atoms with Gasteiger partial charge in [-0.1, -0.05) is 30.3 Å². The van der Waals surface area contributed by atoms with Gasteiger partial charge in [-0.2, -0.15) is 0 Å². The minimum absolute atomic E-state index is 0.142. The molecular formula is C20H20NO4+. The molecule has 0 radical (unpaired) electrons. The molecule has 2 heterocycles. The van der Waals surface area contributed by atoms with Gasteiger partial charge in [0.15, 0.2) is 11.5 Å². The molecule has 2 aliphatic rings. The first-order valence-corrected chi connectivity index (χ1v) is 8.48. The van der Waals surface area contributed by atoms with Crippen LogP contribution in [0.25, 0.3) is 6.08 Å². The lowest BCUT2D eigenvalue weighted by molar-refractivity contribution is -0.921. The van der Waals surface area contributed by atoms with Gasteiger partial charge in [-0.25, -0.2) is 0 Å². The molecule has 0 spiro atoms. The van der Waals surface area contributed by atoms with E-state index >= 15 is 0 Å². The number of hydrogen-bond donors (Lipinski definition) is 2. The summed E-state index contributed by atoms with van der Waals surface area (Å²) in [7, 11) is 0. The molecule has 4 rings (SSSR count). The first-order chi connectivity index (χ1) is 12.2. The first kappa shape index (κ1) is 15.9. The van der Waals surface area contributed by atoms with Crippen LogP contribution in [0.4, 0.5) is 0 Å². The summed E-state index contributed by atoms with van der Waals surface area (Å²) in [5.41, 5.74) is 2.12. The molecule has 5 nitrogen and oxygen atoms in total. The predicted octanol–water partition coefficient (Wildman–Crippen LogP) is 1.42. The summed E-state index contributed by atoms with van der Waals surface area (Å²) in [5.74, 6) is 0.819. The van der Waals surface area contributed by atoms with Crippen molar-refractivity contribution in [1.29, 1.82) is 0 Å². The number of ether oxygens (including phenoxy) is 2. The number of carbonyl (C=O) groups excluding carboxylic acids is 1. The molecular weight excluding hydrogens is 318 g/mol. The van der Waals surface area contributed by atoms with Gasteiger partial charge < -0.3 is 19.5 Å². The van der Waals surface area contributed by atoms with E-state index in [-0.39, 0.29) is 11.5 Å². The third kappa shape index (κ3) is 3.16. The largest absolute Gasteiger partial charge is 0.507 e. The van der Waals surface area contributed by atoms with Crippen LogP contribution in [0.1, 0.15) is 21.5 Å². The highest BCUT2D eigenvalue weighted by Crippen LogP contribution is 2.39. The number of aromatic hydroxyl groups is 1. The summed E-state index contributed by atoms with van der Waals surface area (Å²) in [5, 5.41) is 10.3. The van der Waals surface area contributed by atoms with E-state index in [2.05, 4.69) is 0 Å². The lowest BCUT2D eigenvalue weighted by atomic mass is 10.0. The van der Waals surface area contributed by atoms with Gasteiger partial charge in [0.05, 0.1) is 24.3 Å². The molecule has 1 saturated heterocycles. The van der Waals surface area contributed by atoms with E-state index < -0.39 is 0 Å². The average molecular weight is 338 g/mol. The molecule has 2 aliphatic heterocycles. The standard InChI is InChI=1S/C20H19NO4/c22-17-7-6-15-19(23)18(12-14-4-2-1-3-5-14)25-20(15)16(17)13-21-8-10-24-11-9-21/h1-7,12,22H,8-11,13H2/p+1/b18-12-. The van der Waals surface area contributed by atoms with E-state index in [0.717, 1.165) is 18.7 Å². The van der Waals surface area contributed by atoms with Gasteiger partial charge >= 0.3 is 0 Å². The third-order valence-corrected chi connectivity index (χ3v) is 4.64. The number of benzene rings is 2. The van der Waals surface area contributed by atoms with E-state index in [9.17, 15) is 9.90 Å². The molecule has 128 valence electrons. The van der Waals surface area contributed by atoms with Crippen molar-refractivity contribution in [2.45, 2.75) is 6.54 Å². The number of ketones is 1. The van der Waals surface area contributed by atoms with Crippen molar-refractivity contribution >= 4 is 11.9 Å². The number of phenols is 1. The summed E-state index contributed by atoms with van der Waals surface area (Å²) in [6.07, 6.45) is 1.74. The summed E-state index contributed by atoms with van der Waals surface area (Å²) in [6, 6.07) is 12.8. The molecule has 0 amide bonds. The topological polar surface area (TPSA) is 60.2 Å². The fourth-order valence-corrected chi connectivity index (χ4v) is 3.26. The Bertz CT molecular complexity index is 823. The van der Waals surface area contributed by atoms with E-state index in [4.69, 9.17) is 9.47 Å². The van der Waals surface area contributed by atoms with E-state index in [1.54, 1.807) is 18.2 Å². The van der Waals surface area contributed by atoms with E-state index in [1.807, 2.05) is 30.3 Å². The number of nitrogens with one attached hydrogen (secondary N) is 1. The average Bonchev–Trinajstić information content (AvgIpc) is 2.95. The molecule has 2 N–H and O–H groups in total. The number of fused-ring (bicyclic) bond motifs is 1. The SMILES string of the molecule is O=C1/C(=C/c2ccccc2)Oc2c1ccc(O)c2C[NH+]1CCOCC1. The zero-order chi connectivity index (χ0) is 17.2. The molecule has 0 aromatic heterocycles. The zero-order valence-electron chi connectivity index (χ0n) is 13.8. The molecule has 25 heavy (non-hydrogen) atoms. The van der Waals surface area contributed by atoms with Crippen LogP contribution in [0.15, 0.2) is 48.2 Å². The predicted molar refractivity (Wildman–Crippen MR) is 92.7 cm³/mol. The Hall–Kier alpha value is -2.63. The highest BCUT2D eigenvalue weighted by atomic mass is 16.5. The van der Waals surface area contributed by atoms with Gasteiger partial charge in [-0.3, -0.25) is 4.79 Å². The van der Waals surface area contributed by atoms with Crippen molar-refractivity contribution in [3.05, 3.63) is 64.9 Å². The third-order valence-electron chi connectivity index (χ3n) is 4.64. The number of phenolic OH excluding ortho intramolecular Hbond substituents is 1. The summed E-state index contributed by atoms with van der Waals surface area (Å²) in [4.78, 5) is 14.0. The molecule has 2 aromatic rings. The van der Waals surface area contributed by atoms with Crippen molar-refractivity contribution in [3.63, 3.8) is 0 Å². The maximum Gasteiger partial charge on any atom is 0.231 e. The molecule has 1 fully saturated rings. The minimum atomic E-state index is -0.142. The van der Waals surface area contributed by atoms with Crippen LogP contribution < -0.4 is 9.64 Å². The fraction of sp³-hybridized carbons (Fsp3) is 0.250. The van der Waals surface area contributed by atoms with E-state index in [0.29, 0.717) is 42.4 Å². The quantitative estimate of drug-likeness (QED) is 0.831. The van der Waals surface area contributed by atoms with Crippen LogP contribution in [0, 0.1) is 0 Å². The highest BCUT2D eigenvalue weighted by Gasteiger charge is 2.32. The molecule has 0 unspecified atom stereocenters. The molecule has 0 aliphatic carbocycles. The smallest absolute Gasteiger partial charge is 0.231 e. The number of Topliss-reactive ketones (excluding diaryl/α,β-unsaturated/α-hetero) is 1. The van der Waals surface area contributed by atoms with Gasteiger partial charge in [0.1, 0.15) is 25.4 Å². The summed E-state index contributed by atoms with van der Waals surface area (Å²) < 4.78 is 11.3. The van der Waals surface area contributed by atoms with Crippen molar-refractivity contribution in [1.82, 2.24) is 0 Å². The van der Waals surface area contributed by atoms with Crippen LogP contribution in [0.5, 0.6) is 11.5 Å². The van der Waals surface area contributed by atoms with Crippen LogP contribution >= 0.6 is 0 Å². The monoisotopic (exact) mass is 338 g/mol. The Kier molecular flexibility index (Phi) is 4.26. The second kappa shape index (κ2) is 6.70. The number of allylic oxidation sites excluding steroid dienone is 1. The Morgan fingerprint density at radius 3 is 2.60 bits per heavy atom. The maximum atomic E-state index is 12.7. The normalized spacial score (nSPS) is 19.0. The van der Waals surface area contributed by atoms with Crippen molar-refractivity contribution in [2.75, 3.05) is 26.3 Å². The van der Waals surface area contributed by atoms with Gasteiger partial charge in [0, 0.05) is 0 Å². The van der Waals surface area contributed by atoms with Crippen LogP contribution in [-0.4, -0.2) is 37.2 Å². The summed E-state index contributed by atoms with van der Waals surface area (Å²) >= 11 is 0. The van der Waals surface area contributed by atoms with Crippen molar-refractivity contribution in [3.8, 4) is 11.5 Å². The van der Waals surface area contributed by atoms with Gasteiger partial charge in [0.25, 0.3) is 0 Å². The molecule has 2 aromatic carbocycles. The number of quaternary nitrogens is 1. The number of morpholine rings is 1. The number of rotatable bonds is 3. The Morgan fingerprint density at radius 1 is 1.08 bits per heavy atom. The minimum Gasteiger partial charge on any atom is -0.507 e. The van der Waals surface area contributed by atoms with Crippen LogP contribution in [0.2, 0.25) is 0 Å². The van der Waals surface area contributed by atoms with Gasteiger partial charge in [-0.05, 0) is 23.8 Å². The van der Waals surface area contributed by atoms with Crippen molar-refractivity contribution < 1.29 is 24.3 Å².